The molecule has 3 unspecified atom stereocenters. The van der Waals surface area contributed by atoms with E-state index in [9.17, 15) is 18.0 Å². The highest BCUT2D eigenvalue weighted by Crippen LogP contribution is 2.17. The van der Waals surface area contributed by atoms with Crippen LogP contribution in [0.25, 0.3) is 0 Å². The number of sulfone groups is 1. The Labute approximate surface area is 119 Å². The van der Waals surface area contributed by atoms with Crippen molar-refractivity contribution < 1.29 is 23.1 Å². The van der Waals surface area contributed by atoms with Gasteiger partial charge < -0.3 is 15.7 Å². The molecular weight excluding hydrogens is 284 g/mol. The normalized spacial score (nSPS) is 23.8. The number of hydrogen-bond acceptors (Lipinski definition) is 4. The summed E-state index contributed by atoms with van der Waals surface area (Å²) >= 11 is 0. The second-order valence-electron chi connectivity index (χ2n) is 5.32. The van der Waals surface area contributed by atoms with Crippen molar-refractivity contribution in [3.05, 3.63) is 0 Å². The first-order valence-electron chi connectivity index (χ1n) is 6.72. The zero-order valence-corrected chi connectivity index (χ0v) is 12.6. The van der Waals surface area contributed by atoms with Crippen LogP contribution in [0.1, 0.15) is 26.7 Å². The van der Waals surface area contributed by atoms with E-state index in [0.717, 1.165) is 0 Å². The molecule has 3 N–H and O–H groups in total. The third-order valence-electron chi connectivity index (χ3n) is 3.64. The fourth-order valence-electron chi connectivity index (χ4n) is 2.15. The Kier molecular flexibility index (Phi) is 5.79. The minimum atomic E-state index is -2.96. The molecule has 0 aromatic carbocycles. The molecule has 8 heteroatoms. The maximum Gasteiger partial charge on any atom is 0.326 e. The summed E-state index contributed by atoms with van der Waals surface area (Å²) in [7, 11) is -2.96. The van der Waals surface area contributed by atoms with E-state index in [4.69, 9.17) is 5.11 Å². The lowest BCUT2D eigenvalue weighted by atomic mass is 9.99. The van der Waals surface area contributed by atoms with Gasteiger partial charge in [-0.05, 0) is 18.3 Å². The number of carbonyl (C=O) groups excluding carboxylic acids is 1. The van der Waals surface area contributed by atoms with E-state index < -0.39 is 27.9 Å². The van der Waals surface area contributed by atoms with Crippen molar-refractivity contribution in [2.24, 2.45) is 11.8 Å². The zero-order valence-electron chi connectivity index (χ0n) is 11.8. The maximum absolute atomic E-state index is 11.7. The fourth-order valence-corrected chi connectivity index (χ4v) is 4.01. The van der Waals surface area contributed by atoms with E-state index in [0.29, 0.717) is 12.8 Å². The number of carboxylic acids is 1. The molecule has 3 atom stereocenters. The van der Waals surface area contributed by atoms with Gasteiger partial charge >= 0.3 is 12.0 Å². The Hall–Kier alpha value is -1.31. The summed E-state index contributed by atoms with van der Waals surface area (Å²) in [6.45, 7) is 3.85. The van der Waals surface area contributed by atoms with Gasteiger partial charge in [0.05, 0.1) is 11.5 Å². The Bertz CT molecular complexity index is 462. The topological polar surface area (TPSA) is 113 Å². The number of urea groups is 1. The first kappa shape index (κ1) is 16.7. The molecule has 0 saturated carbocycles. The molecule has 0 aliphatic carbocycles. The van der Waals surface area contributed by atoms with Gasteiger partial charge in [-0.2, -0.15) is 0 Å². The fraction of sp³-hybridized carbons (Fsp3) is 0.833. The Morgan fingerprint density at radius 1 is 1.40 bits per heavy atom. The third-order valence-corrected chi connectivity index (χ3v) is 5.48. The van der Waals surface area contributed by atoms with Gasteiger partial charge in [-0.25, -0.2) is 18.0 Å². The van der Waals surface area contributed by atoms with Gasteiger partial charge in [0.2, 0.25) is 0 Å². The van der Waals surface area contributed by atoms with Crippen LogP contribution in [0.2, 0.25) is 0 Å². The average Bonchev–Trinajstić information content (AvgIpc) is 2.72. The Morgan fingerprint density at radius 2 is 2.05 bits per heavy atom. The predicted octanol–water partition coefficient (Wildman–Crippen LogP) is 0.220. The average molecular weight is 306 g/mol. The highest BCUT2D eigenvalue weighted by molar-refractivity contribution is 7.91. The molecule has 0 spiro atoms. The number of carbonyl (C=O) groups is 2. The summed E-state index contributed by atoms with van der Waals surface area (Å²) in [6, 6.07) is -1.51. The van der Waals surface area contributed by atoms with Crippen LogP contribution in [-0.2, 0) is 14.6 Å². The minimum Gasteiger partial charge on any atom is -0.480 e. The van der Waals surface area contributed by atoms with Crippen LogP contribution in [0.5, 0.6) is 0 Å². The van der Waals surface area contributed by atoms with Crippen molar-refractivity contribution in [2.75, 3.05) is 18.1 Å². The Morgan fingerprint density at radius 3 is 2.50 bits per heavy atom. The molecule has 7 nitrogen and oxygen atoms in total. The first-order valence-corrected chi connectivity index (χ1v) is 8.55. The summed E-state index contributed by atoms with van der Waals surface area (Å²) in [5, 5.41) is 14.0. The highest BCUT2D eigenvalue weighted by Gasteiger charge is 2.29. The van der Waals surface area contributed by atoms with Crippen molar-refractivity contribution in [3.8, 4) is 0 Å². The first-order chi connectivity index (χ1) is 9.25. The minimum absolute atomic E-state index is 0.0843. The predicted molar refractivity (Wildman–Crippen MR) is 74.2 cm³/mol. The molecule has 1 aliphatic rings. The SMILES string of the molecule is CCC(C)C(NC(=O)NCC1CCS(=O)(=O)C1)C(=O)O. The molecule has 1 rings (SSSR count). The van der Waals surface area contributed by atoms with E-state index in [-0.39, 0.29) is 29.9 Å². The van der Waals surface area contributed by atoms with Gasteiger partial charge in [0.25, 0.3) is 0 Å². The van der Waals surface area contributed by atoms with Crippen LogP contribution in [0, 0.1) is 11.8 Å². The van der Waals surface area contributed by atoms with Crippen molar-refractivity contribution >= 4 is 21.8 Å². The van der Waals surface area contributed by atoms with Crippen LogP contribution in [0.4, 0.5) is 4.79 Å². The lowest BCUT2D eigenvalue weighted by Gasteiger charge is -2.20. The van der Waals surface area contributed by atoms with E-state index >= 15 is 0 Å². The number of aliphatic carboxylic acids is 1. The molecule has 0 bridgehead atoms. The van der Waals surface area contributed by atoms with E-state index in [1.165, 1.54) is 0 Å². The molecule has 1 fully saturated rings. The van der Waals surface area contributed by atoms with Gasteiger partial charge in [-0.3, -0.25) is 0 Å². The van der Waals surface area contributed by atoms with Crippen molar-refractivity contribution in [1.29, 1.82) is 0 Å². The summed E-state index contributed by atoms with van der Waals surface area (Å²) in [5.74, 6) is -1.09. The monoisotopic (exact) mass is 306 g/mol. The second-order valence-corrected chi connectivity index (χ2v) is 7.55. The van der Waals surface area contributed by atoms with E-state index in [2.05, 4.69) is 10.6 Å². The summed E-state index contributed by atoms with van der Waals surface area (Å²) < 4.78 is 22.5. The number of amides is 2. The molecule has 0 aromatic rings. The largest absolute Gasteiger partial charge is 0.480 e. The number of hydrogen-bond donors (Lipinski definition) is 3. The molecule has 116 valence electrons. The van der Waals surface area contributed by atoms with Crippen LogP contribution in [0.15, 0.2) is 0 Å². The molecule has 1 aliphatic heterocycles. The van der Waals surface area contributed by atoms with E-state index in [1.54, 1.807) is 6.92 Å². The third kappa shape index (κ3) is 4.99. The summed E-state index contributed by atoms with van der Waals surface area (Å²) in [6.07, 6.45) is 1.18. The number of carboxylic acid groups (broad SMARTS) is 1. The quantitative estimate of drug-likeness (QED) is 0.650. The van der Waals surface area contributed by atoms with Gasteiger partial charge in [0, 0.05) is 6.54 Å². The lowest BCUT2D eigenvalue weighted by Crippen LogP contribution is -2.49. The molecule has 1 saturated heterocycles. The Balaban J connectivity index is 2.41. The lowest BCUT2D eigenvalue weighted by molar-refractivity contribution is -0.140. The molecule has 20 heavy (non-hydrogen) atoms. The molecular formula is C12H22N2O5S. The zero-order chi connectivity index (χ0) is 15.3. The molecule has 0 radical (unpaired) electrons. The summed E-state index contributed by atoms with van der Waals surface area (Å²) in [4.78, 5) is 22.7. The van der Waals surface area contributed by atoms with Gasteiger partial charge in [-0.15, -0.1) is 0 Å². The summed E-state index contributed by atoms with van der Waals surface area (Å²) in [5.41, 5.74) is 0. The van der Waals surface area contributed by atoms with Crippen molar-refractivity contribution in [2.45, 2.75) is 32.7 Å². The van der Waals surface area contributed by atoms with Crippen LogP contribution in [0.3, 0.4) is 0 Å². The second kappa shape index (κ2) is 6.92. The smallest absolute Gasteiger partial charge is 0.326 e. The standard InChI is InChI=1S/C12H22N2O5S/c1-3-8(2)10(11(15)16)14-12(17)13-6-9-4-5-20(18,19)7-9/h8-10H,3-7H2,1-2H3,(H,15,16)(H2,13,14,17). The van der Waals surface area contributed by atoms with Gasteiger partial charge in [0.1, 0.15) is 6.04 Å². The highest BCUT2D eigenvalue weighted by atomic mass is 32.2. The number of nitrogens with one attached hydrogen (secondary N) is 2. The van der Waals surface area contributed by atoms with E-state index in [1.807, 2.05) is 6.92 Å². The molecule has 2 amide bonds. The van der Waals surface area contributed by atoms with Crippen molar-refractivity contribution in [1.82, 2.24) is 10.6 Å². The van der Waals surface area contributed by atoms with Crippen molar-refractivity contribution in [3.63, 3.8) is 0 Å². The van der Waals surface area contributed by atoms with Crippen LogP contribution < -0.4 is 10.6 Å². The van der Waals surface area contributed by atoms with Crippen LogP contribution in [-0.4, -0.2) is 49.6 Å². The molecule has 1 heterocycles. The van der Waals surface area contributed by atoms with Gasteiger partial charge in [-0.1, -0.05) is 20.3 Å². The molecule has 0 aromatic heterocycles. The van der Waals surface area contributed by atoms with Gasteiger partial charge in [0.15, 0.2) is 9.84 Å². The number of rotatable bonds is 6. The van der Waals surface area contributed by atoms with Crippen LogP contribution >= 0.6 is 0 Å². The maximum atomic E-state index is 11.7.